The zero-order chi connectivity index (χ0) is 15.2. The van der Waals surface area contributed by atoms with Crippen molar-refractivity contribution in [2.24, 2.45) is 11.8 Å². The van der Waals surface area contributed by atoms with Crippen LogP contribution in [-0.2, 0) is 14.3 Å². The smallest absolute Gasteiger partial charge is 0.411 e. The van der Waals surface area contributed by atoms with Gasteiger partial charge in [0.05, 0.1) is 18.4 Å². The fourth-order valence-electron chi connectivity index (χ4n) is 1.94. The van der Waals surface area contributed by atoms with E-state index >= 15 is 0 Å². The number of nitrogens with one attached hydrogen (secondary N) is 1. The number of carbonyl (C=O) groups is 2. The molecule has 0 aromatic carbocycles. The van der Waals surface area contributed by atoms with Gasteiger partial charge in [-0.05, 0) is 12.8 Å². The number of carboxylic acid groups (broad SMARTS) is 1. The van der Waals surface area contributed by atoms with E-state index in [4.69, 9.17) is 5.11 Å². The van der Waals surface area contributed by atoms with Crippen LogP contribution in [0.15, 0.2) is 12.2 Å². The van der Waals surface area contributed by atoms with Crippen molar-refractivity contribution >= 4 is 11.9 Å². The van der Waals surface area contributed by atoms with Crippen LogP contribution in [0.5, 0.6) is 0 Å². The first-order chi connectivity index (χ1) is 9.31. The third kappa shape index (κ3) is 5.60. The van der Waals surface area contributed by atoms with Crippen molar-refractivity contribution in [3.05, 3.63) is 12.2 Å². The van der Waals surface area contributed by atoms with Crippen molar-refractivity contribution < 1.29 is 32.6 Å². The van der Waals surface area contributed by atoms with Crippen LogP contribution in [0.4, 0.5) is 13.2 Å². The molecule has 0 saturated carbocycles. The molecule has 2 N–H and O–H groups in total. The van der Waals surface area contributed by atoms with Gasteiger partial charge in [0.1, 0.15) is 6.61 Å². The van der Waals surface area contributed by atoms with Crippen LogP contribution < -0.4 is 5.32 Å². The minimum Gasteiger partial charge on any atom is -0.481 e. The van der Waals surface area contributed by atoms with E-state index in [1.54, 1.807) is 12.2 Å². The molecule has 0 heterocycles. The van der Waals surface area contributed by atoms with Gasteiger partial charge in [-0.1, -0.05) is 12.2 Å². The average Bonchev–Trinajstić information content (AvgIpc) is 2.36. The highest BCUT2D eigenvalue weighted by Crippen LogP contribution is 2.25. The van der Waals surface area contributed by atoms with E-state index in [0.29, 0.717) is 6.42 Å². The zero-order valence-electron chi connectivity index (χ0n) is 10.7. The van der Waals surface area contributed by atoms with E-state index in [-0.39, 0.29) is 19.6 Å². The Morgan fingerprint density at radius 2 is 1.85 bits per heavy atom. The molecule has 0 aliphatic heterocycles. The number of amides is 1. The lowest BCUT2D eigenvalue weighted by molar-refractivity contribution is -0.173. The topological polar surface area (TPSA) is 75.6 Å². The standard InChI is InChI=1S/C12H16F3NO4/c13-12(14,15)7-20-6-5-16-10(17)8-3-1-2-4-9(8)11(18)19/h1-2,8-9H,3-7H2,(H,16,17)(H,18,19). The summed E-state index contributed by atoms with van der Waals surface area (Å²) in [5.41, 5.74) is 0. The normalized spacial score (nSPS) is 22.6. The predicted molar refractivity (Wildman–Crippen MR) is 62.9 cm³/mol. The molecule has 5 nitrogen and oxygen atoms in total. The molecule has 1 amide bonds. The van der Waals surface area contributed by atoms with Gasteiger partial charge in [0.25, 0.3) is 0 Å². The maximum Gasteiger partial charge on any atom is 0.411 e. The highest BCUT2D eigenvalue weighted by atomic mass is 19.4. The maximum absolute atomic E-state index is 11.8. The van der Waals surface area contributed by atoms with Gasteiger partial charge in [-0.15, -0.1) is 0 Å². The molecule has 2 unspecified atom stereocenters. The Balaban J connectivity index is 2.31. The average molecular weight is 295 g/mol. The Morgan fingerprint density at radius 3 is 2.40 bits per heavy atom. The number of rotatable bonds is 6. The first kappa shape index (κ1) is 16.5. The van der Waals surface area contributed by atoms with Gasteiger partial charge in [0.2, 0.25) is 5.91 Å². The lowest BCUT2D eigenvalue weighted by atomic mass is 9.82. The van der Waals surface area contributed by atoms with Gasteiger partial charge in [-0.2, -0.15) is 13.2 Å². The summed E-state index contributed by atoms with van der Waals surface area (Å²) in [6, 6.07) is 0. The molecule has 0 radical (unpaired) electrons. The van der Waals surface area contributed by atoms with Crippen LogP contribution in [0.2, 0.25) is 0 Å². The summed E-state index contributed by atoms with van der Waals surface area (Å²) < 4.78 is 39.7. The molecule has 1 aliphatic carbocycles. The number of carboxylic acids is 1. The van der Waals surface area contributed by atoms with Crippen molar-refractivity contribution in [3.8, 4) is 0 Å². The first-order valence-corrected chi connectivity index (χ1v) is 6.11. The summed E-state index contributed by atoms with van der Waals surface area (Å²) in [5, 5.41) is 11.4. The highest BCUT2D eigenvalue weighted by Gasteiger charge is 2.33. The van der Waals surface area contributed by atoms with Gasteiger partial charge in [0.15, 0.2) is 0 Å². The van der Waals surface area contributed by atoms with E-state index in [2.05, 4.69) is 10.1 Å². The number of hydrogen-bond acceptors (Lipinski definition) is 3. The molecule has 2 atom stereocenters. The van der Waals surface area contributed by atoms with Crippen LogP contribution in [0.3, 0.4) is 0 Å². The third-order valence-electron chi connectivity index (χ3n) is 2.90. The third-order valence-corrected chi connectivity index (χ3v) is 2.90. The van der Waals surface area contributed by atoms with E-state index in [9.17, 15) is 22.8 Å². The summed E-state index contributed by atoms with van der Waals surface area (Å²) in [6.45, 7) is -1.72. The van der Waals surface area contributed by atoms with E-state index in [1.165, 1.54) is 0 Å². The molecule has 114 valence electrons. The molecule has 0 aromatic rings. The Hall–Kier alpha value is -1.57. The Bertz CT molecular complexity index is 381. The van der Waals surface area contributed by atoms with Gasteiger partial charge in [-0.25, -0.2) is 0 Å². The fraction of sp³-hybridized carbons (Fsp3) is 0.667. The molecule has 0 aromatic heterocycles. The predicted octanol–water partition coefficient (Wildman–Crippen LogP) is 1.35. The highest BCUT2D eigenvalue weighted by molar-refractivity contribution is 5.85. The molecule has 0 fully saturated rings. The fourth-order valence-corrected chi connectivity index (χ4v) is 1.94. The SMILES string of the molecule is O=C(O)C1CC=CCC1C(=O)NCCOCC(F)(F)F. The summed E-state index contributed by atoms with van der Waals surface area (Å²) in [5.74, 6) is -3.02. The molecule has 20 heavy (non-hydrogen) atoms. The van der Waals surface area contributed by atoms with Crippen LogP contribution in [0, 0.1) is 11.8 Å². The molecule has 0 spiro atoms. The second-order valence-corrected chi connectivity index (χ2v) is 4.45. The second kappa shape index (κ2) is 7.28. The minimum absolute atomic E-state index is 0.0819. The number of allylic oxidation sites excluding steroid dienone is 2. The Labute approximate surface area is 113 Å². The van der Waals surface area contributed by atoms with Crippen molar-refractivity contribution in [1.82, 2.24) is 5.32 Å². The van der Waals surface area contributed by atoms with Gasteiger partial charge < -0.3 is 15.2 Å². The molecule has 8 heteroatoms. The number of carbonyl (C=O) groups excluding carboxylic acids is 1. The molecule has 1 rings (SSSR count). The summed E-state index contributed by atoms with van der Waals surface area (Å²) in [6.07, 6.45) is -0.379. The van der Waals surface area contributed by atoms with E-state index in [0.717, 1.165) is 0 Å². The van der Waals surface area contributed by atoms with Crippen molar-refractivity contribution in [3.63, 3.8) is 0 Å². The van der Waals surface area contributed by atoms with Crippen LogP contribution in [-0.4, -0.2) is 42.9 Å². The van der Waals surface area contributed by atoms with E-state index < -0.39 is 36.5 Å². The number of ether oxygens (including phenoxy) is 1. The number of halogens is 3. The lowest BCUT2D eigenvalue weighted by Gasteiger charge is -2.24. The van der Waals surface area contributed by atoms with Gasteiger partial charge >= 0.3 is 12.1 Å². The minimum atomic E-state index is -4.40. The summed E-state index contributed by atoms with van der Waals surface area (Å²) >= 11 is 0. The second-order valence-electron chi connectivity index (χ2n) is 4.45. The first-order valence-electron chi connectivity index (χ1n) is 6.11. The molecule has 0 saturated heterocycles. The number of hydrogen-bond donors (Lipinski definition) is 2. The van der Waals surface area contributed by atoms with Crippen LogP contribution >= 0.6 is 0 Å². The Morgan fingerprint density at radius 1 is 1.25 bits per heavy atom. The molecular formula is C12H16F3NO4. The van der Waals surface area contributed by atoms with Crippen LogP contribution in [0.1, 0.15) is 12.8 Å². The zero-order valence-corrected chi connectivity index (χ0v) is 10.7. The van der Waals surface area contributed by atoms with Crippen molar-refractivity contribution in [2.45, 2.75) is 19.0 Å². The largest absolute Gasteiger partial charge is 0.481 e. The van der Waals surface area contributed by atoms with Gasteiger partial charge in [-0.3, -0.25) is 9.59 Å². The Kier molecular flexibility index (Phi) is 6.00. The molecule has 1 aliphatic rings. The maximum atomic E-state index is 11.8. The number of alkyl halides is 3. The van der Waals surface area contributed by atoms with E-state index in [1.807, 2.05) is 0 Å². The number of aliphatic carboxylic acids is 1. The quantitative estimate of drug-likeness (QED) is 0.573. The van der Waals surface area contributed by atoms with Crippen molar-refractivity contribution in [1.29, 1.82) is 0 Å². The summed E-state index contributed by atoms with van der Waals surface area (Å²) in [7, 11) is 0. The molecule has 0 bridgehead atoms. The summed E-state index contributed by atoms with van der Waals surface area (Å²) in [4.78, 5) is 22.8. The van der Waals surface area contributed by atoms with Crippen molar-refractivity contribution in [2.75, 3.05) is 19.8 Å². The monoisotopic (exact) mass is 295 g/mol. The molecular weight excluding hydrogens is 279 g/mol. The van der Waals surface area contributed by atoms with Gasteiger partial charge in [0, 0.05) is 6.54 Å². The van der Waals surface area contributed by atoms with Crippen LogP contribution in [0.25, 0.3) is 0 Å². The lowest BCUT2D eigenvalue weighted by Crippen LogP contribution is -2.40.